The van der Waals surface area contributed by atoms with E-state index in [9.17, 15) is 4.79 Å². The third kappa shape index (κ3) is 1.93. The second kappa shape index (κ2) is 3.79. The lowest BCUT2D eigenvalue weighted by molar-refractivity contribution is 0.137. The zero-order chi connectivity index (χ0) is 9.97. The fourth-order valence-electron chi connectivity index (χ4n) is 1.29. The summed E-state index contributed by atoms with van der Waals surface area (Å²) in [6.45, 7) is 1.30. The van der Waals surface area contributed by atoms with Crippen LogP contribution < -0.4 is 10.3 Å². The molecule has 0 N–H and O–H groups in total. The fraction of sp³-hybridized carbons (Fsp3) is 0.556. The minimum atomic E-state index is -0.117. The van der Waals surface area contributed by atoms with E-state index in [1.165, 1.54) is 17.0 Å². The molecule has 0 spiro atoms. The van der Waals surface area contributed by atoms with Gasteiger partial charge < -0.3 is 14.0 Å². The Bertz CT molecular complexity index is 369. The molecule has 0 saturated carbocycles. The maximum Gasteiger partial charge on any atom is 0.256 e. The summed E-state index contributed by atoms with van der Waals surface area (Å²) in [5, 5.41) is 0. The monoisotopic (exact) mass is 196 g/mol. The van der Waals surface area contributed by atoms with Gasteiger partial charge in [-0.2, -0.15) is 0 Å². The van der Waals surface area contributed by atoms with Crippen LogP contribution in [0.4, 0.5) is 0 Å². The maximum atomic E-state index is 11.2. The van der Waals surface area contributed by atoms with Gasteiger partial charge in [0.2, 0.25) is 5.88 Å². The molecular weight excluding hydrogens is 184 g/mol. The summed E-state index contributed by atoms with van der Waals surface area (Å²) in [5.74, 6) is 0.378. The molecule has 76 valence electrons. The first-order valence-corrected chi connectivity index (χ1v) is 4.53. The lowest BCUT2D eigenvalue weighted by atomic mass is 10.3. The minimum Gasteiger partial charge on any atom is -0.472 e. The van der Waals surface area contributed by atoms with Crippen molar-refractivity contribution in [3.8, 4) is 5.88 Å². The fourth-order valence-corrected chi connectivity index (χ4v) is 1.29. The summed E-state index contributed by atoms with van der Waals surface area (Å²) in [6, 6.07) is 1.39. The van der Waals surface area contributed by atoms with E-state index in [1.54, 1.807) is 7.05 Å². The Labute approximate surface area is 81.3 Å². The molecule has 0 aromatic carbocycles. The van der Waals surface area contributed by atoms with Crippen molar-refractivity contribution in [3.63, 3.8) is 0 Å². The highest BCUT2D eigenvalue weighted by Gasteiger charge is 2.17. The molecule has 1 saturated heterocycles. The number of hydrogen-bond donors (Lipinski definition) is 0. The maximum absolute atomic E-state index is 11.2. The van der Waals surface area contributed by atoms with Crippen LogP contribution >= 0.6 is 0 Å². The van der Waals surface area contributed by atoms with E-state index in [1.807, 2.05) is 0 Å². The largest absolute Gasteiger partial charge is 0.472 e. The van der Waals surface area contributed by atoms with E-state index in [0.29, 0.717) is 12.5 Å². The normalized spacial score (nSPS) is 21.1. The molecule has 1 atom stereocenters. The summed E-state index contributed by atoms with van der Waals surface area (Å²) >= 11 is 0. The van der Waals surface area contributed by atoms with Crippen LogP contribution in [-0.2, 0) is 11.8 Å². The van der Waals surface area contributed by atoms with Crippen LogP contribution in [0.25, 0.3) is 0 Å². The Morgan fingerprint density at radius 1 is 1.71 bits per heavy atom. The van der Waals surface area contributed by atoms with Gasteiger partial charge in [0.25, 0.3) is 5.56 Å². The predicted molar refractivity (Wildman–Crippen MR) is 49.3 cm³/mol. The van der Waals surface area contributed by atoms with E-state index in [2.05, 4.69) is 4.98 Å². The first-order valence-electron chi connectivity index (χ1n) is 4.53. The van der Waals surface area contributed by atoms with E-state index in [-0.39, 0.29) is 11.7 Å². The first-order chi connectivity index (χ1) is 6.75. The molecule has 0 amide bonds. The van der Waals surface area contributed by atoms with Crippen LogP contribution in [0.15, 0.2) is 17.2 Å². The molecule has 1 unspecified atom stereocenters. The number of nitrogens with zero attached hydrogens (tertiary/aromatic N) is 2. The lowest BCUT2D eigenvalue weighted by Crippen LogP contribution is -2.20. The van der Waals surface area contributed by atoms with Gasteiger partial charge in [-0.3, -0.25) is 4.79 Å². The van der Waals surface area contributed by atoms with Crippen LogP contribution in [0.3, 0.4) is 0 Å². The van der Waals surface area contributed by atoms with Crippen LogP contribution in [0, 0.1) is 0 Å². The van der Waals surface area contributed by atoms with E-state index < -0.39 is 0 Å². The van der Waals surface area contributed by atoms with E-state index in [0.717, 1.165) is 13.0 Å². The Balaban J connectivity index is 2.09. The van der Waals surface area contributed by atoms with Gasteiger partial charge in [0.15, 0.2) is 0 Å². The number of aryl methyl sites for hydroxylation is 1. The highest BCUT2D eigenvalue weighted by molar-refractivity contribution is 5.06. The molecule has 5 heteroatoms. The van der Waals surface area contributed by atoms with Crippen molar-refractivity contribution in [1.82, 2.24) is 9.55 Å². The molecule has 14 heavy (non-hydrogen) atoms. The molecule has 1 fully saturated rings. The van der Waals surface area contributed by atoms with E-state index in [4.69, 9.17) is 9.47 Å². The SMILES string of the molecule is Cn1cnc(OC2CCOC2)cc1=O. The molecule has 1 aromatic rings. The van der Waals surface area contributed by atoms with Gasteiger partial charge in [-0.15, -0.1) is 0 Å². The third-order valence-corrected chi connectivity index (χ3v) is 2.13. The van der Waals surface area contributed by atoms with Crippen molar-refractivity contribution >= 4 is 0 Å². The Morgan fingerprint density at radius 3 is 3.21 bits per heavy atom. The molecule has 1 aliphatic heterocycles. The predicted octanol–water partition coefficient (Wildman–Crippen LogP) is -0.0520. The zero-order valence-corrected chi connectivity index (χ0v) is 7.97. The Kier molecular flexibility index (Phi) is 2.49. The van der Waals surface area contributed by atoms with Crippen molar-refractivity contribution in [3.05, 3.63) is 22.7 Å². The number of ether oxygens (including phenoxy) is 2. The Hall–Kier alpha value is -1.36. The van der Waals surface area contributed by atoms with Crippen molar-refractivity contribution < 1.29 is 9.47 Å². The number of rotatable bonds is 2. The molecule has 0 radical (unpaired) electrons. The average Bonchev–Trinajstić information content (AvgIpc) is 2.64. The second-order valence-corrected chi connectivity index (χ2v) is 3.28. The summed E-state index contributed by atoms with van der Waals surface area (Å²) < 4.78 is 12.0. The van der Waals surface area contributed by atoms with Gasteiger partial charge in [-0.1, -0.05) is 0 Å². The van der Waals surface area contributed by atoms with Crippen LogP contribution in [-0.4, -0.2) is 28.9 Å². The van der Waals surface area contributed by atoms with Crippen LogP contribution in [0.1, 0.15) is 6.42 Å². The highest BCUT2D eigenvalue weighted by Crippen LogP contribution is 2.11. The number of aromatic nitrogens is 2. The van der Waals surface area contributed by atoms with Crippen molar-refractivity contribution in [2.75, 3.05) is 13.2 Å². The molecule has 0 aliphatic carbocycles. The average molecular weight is 196 g/mol. The molecule has 1 aromatic heterocycles. The van der Waals surface area contributed by atoms with Gasteiger partial charge >= 0.3 is 0 Å². The van der Waals surface area contributed by atoms with Crippen LogP contribution in [0.2, 0.25) is 0 Å². The van der Waals surface area contributed by atoms with Gasteiger partial charge in [0, 0.05) is 13.5 Å². The summed E-state index contributed by atoms with van der Waals surface area (Å²) in [5.41, 5.74) is -0.117. The topological polar surface area (TPSA) is 53.4 Å². The van der Waals surface area contributed by atoms with Gasteiger partial charge in [-0.25, -0.2) is 4.98 Å². The summed E-state index contributed by atoms with van der Waals surface area (Å²) in [4.78, 5) is 15.2. The zero-order valence-electron chi connectivity index (χ0n) is 7.97. The number of hydrogen-bond acceptors (Lipinski definition) is 4. The lowest BCUT2D eigenvalue weighted by Gasteiger charge is -2.10. The van der Waals surface area contributed by atoms with Crippen molar-refractivity contribution in [2.45, 2.75) is 12.5 Å². The molecule has 0 bridgehead atoms. The molecule has 2 heterocycles. The first kappa shape index (κ1) is 9.21. The minimum absolute atomic E-state index is 0.0367. The van der Waals surface area contributed by atoms with E-state index >= 15 is 0 Å². The van der Waals surface area contributed by atoms with Gasteiger partial charge in [0.1, 0.15) is 12.4 Å². The second-order valence-electron chi connectivity index (χ2n) is 3.28. The Morgan fingerprint density at radius 2 is 2.57 bits per heavy atom. The molecule has 5 nitrogen and oxygen atoms in total. The molecule has 1 aliphatic rings. The molecule has 2 rings (SSSR count). The van der Waals surface area contributed by atoms with Crippen LogP contribution in [0.5, 0.6) is 5.88 Å². The van der Waals surface area contributed by atoms with Crippen molar-refractivity contribution in [2.24, 2.45) is 7.05 Å². The quantitative estimate of drug-likeness (QED) is 0.665. The molecular formula is C9H12N2O3. The third-order valence-electron chi connectivity index (χ3n) is 2.13. The summed E-state index contributed by atoms with van der Waals surface area (Å²) in [7, 11) is 1.65. The van der Waals surface area contributed by atoms with Crippen molar-refractivity contribution in [1.29, 1.82) is 0 Å². The summed E-state index contributed by atoms with van der Waals surface area (Å²) in [6.07, 6.45) is 2.35. The highest BCUT2D eigenvalue weighted by atomic mass is 16.5. The van der Waals surface area contributed by atoms with Gasteiger partial charge in [0.05, 0.1) is 19.3 Å². The smallest absolute Gasteiger partial charge is 0.256 e. The van der Waals surface area contributed by atoms with Gasteiger partial charge in [-0.05, 0) is 0 Å². The standard InChI is InChI=1S/C9H12N2O3/c1-11-6-10-8(4-9(11)12)14-7-2-3-13-5-7/h4,6-7H,2-3,5H2,1H3.